The van der Waals surface area contributed by atoms with Crippen molar-refractivity contribution in [3.8, 4) is 11.4 Å². The maximum atomic E-state index is 13.5. The molecule has 0 radical (unpaired) electrons. The van der Waals surface area contributed by atoms with E-state index in [1.165, 1.54) is 4.68 Å². The van der Waals surface area contributed by atoms with Crippen LogP contribution in [0.4, 0.5) is 5.69 Å². The fraction of sp³-hybridized carbons (Fsp3) is 0.280. The number of hydrogen-bond donors (Lipinski definition) is 1. The van der Waals surface area contributed by atoms with Crippen LogP contribution in [0.5, 0.6) is 5.75 Å². The Morgan fingerprint density at radius 2 is 1.73 bits per heavy atom. The number of hydrogen-bond acceptors (Lipinski definition) is 5. The molecule has 33 heavy (non-hydrogen) atoms. The molecule has 1 atom stereocenters. The van der Waals surface area contributed by atoms with Crippen molar-refractivity contribution in [1.29, 1.82) is 0 Å². The lowest BCUT2D eigenvalue weighted by Crippen LogP contribution is -2.35. The number of para-hydroxylation sites is 1. The third-order valence-electron chi connectivity index (χ3n) is 5.56. The number of nitrogens with zero attached hydrogens (tertiary/aromatic N) is 4. The summed E-state index contributed by atoms with van der Waals surface area (Å²) >= 11 is 0. The van der Waals surface area contributed by atoms with E-state index in [4.69, 9.17) is 4.74 Å². The molecule has 0 fully saturated rings. The topological polar surface area (TPSA) is 91.0 Å². The zero-order chi connectivity index (χ0) is 23.5. The first-order valence-electron chi connectivity index (χ1n) is 11.0. The van der Waals surface area contributed by atoms with Crippen LogP contribution in [0, 0.1) is 13.8 Å². The van der Waals surface area contributed by atoms with Crippen molar-refractivity contribution in [2.24, 2.45) is 0 Å². The summed E-state index contributed by atoms with van der Waals surface area (Å²) in [6, 6.07) is 16.0. The van der Waals surface area contributed by atoms with Crippen LogP contribution in [0.2, 0.25) is 0 Å². The molecule has 2 aromatic carbocycles. The number of aryl methyl sites for hydroxylation is 2. The van der Waals surface area contributed by atoms with Gasteiger partial charge in [0.15, 0.2) is 0 Å². The van der Waals surface area contributed by atoms with Gasteiger partial charge in [-0.15, -0.1) is 0 Å². The van der Waals surface area contributed by atoms with Gasteiger partial charge in [-0.25, -0.2) is 9.36 Å². The van der Waals surface area contributed by atoms with Crippen LogP contribution in [0.1, 0.15) is 37.7 Å². The Kier molecular flexibility index (Phi) is 6.26. The van der Waals surface area contributed by atoms with Crippen LogP contribution in [-0.4, -0.2) is 32.1 Å². The van der Waals surface area contributed by atoms with E-state index in [9.17, 15) is 9.59 Å². The first-order valence-corrected chi connectivity index (χ1v) is 11.0. The highest BCUT2D eigenvalue weighted by Gasteiger charge is 2.25. The van der Waals surface area contributed by atoms with Crippen molar-refractivity contribution >= 4 is 22.5 Å². The molecule has 4 aromatic rings. The standard InChI is InChI=1S/C25H27N5O3/c1-5-21(24(31)26-18-12-14-20(15-13-18)33-6-2)30-25(32)22-17(4)29(19-10-8-7-9-11-19)28-23(22)16(3)27-30/h7-15,21H,5-6H2,1-4H3,(H,26,31). The Hall–Kier alpha value is -3.94. The molecule has 4 rings (SSSR count). The molecule has 2 heterocycles. The second kappa shape index (κ2) is 9.28. The maximum absolute atomic E-state index is 13.5. The number of carbonyl (C=O) groups excluding carboxylic acids is 1. The molecule has 0 spiro atoms. The molecular formula is C25H27N5O3. The van der Waals surface area contributed by atoms with Gasteiger partial charge in [-0.05, 0) is 63.6 Å². The Morgan fingerprint density at radius 3 is 2.36 bits per heavy atom. The molecule has 8 heteroatoms. The van der Waals surface area contributed by atoms with Crippen LogP contribution in [0.15, 0.2) is 59.4 Å². The normalized spacial score (nSPS) is 12.0. The SMILES string of the molecule is CCOc1ccc(NC(=O)C(CC)n2nc(C)c3nn(-c4ccccc4)c(C)c3c2=O)cc1. The van der Waals surface area contributed by atoms with Crippen LogP contribution in [-0.2, 0) is 4.79 Å². The average molecular weight is 446 g/mol. The Bertz CT molecular complexity index is 1340. The zero-order valence-electron chi connectivity index (χ0n) is 19.2. The summed E-state index contributed by atoms with van der Waals surface area (Å²) < 4.78 is 8.47. The number of rotatable bonds is 7. The number of ether oxygens (including phenoxy) is 1. The van der Waals surface area contributed by atoms with E-state index in [-0.39, 0.29) is 11.5 Å². The van der Waals surface area contributed by atoms with Crippen molar-refractivity contribution in [1.82, 2.24) is 19.6 Å². The van der Waals surface area contributed by atoms with E-state index in [1.54, 1.807) is 35.9 Å². The molecule has 0 aliphatic rings. The molecule has 0 bridgehead atoms. The fourth-order valence-electron chi connectivity index (χ4n) is 3.91. The van der Waals surface area contributed by atoms with Crippen LogP contribution in [0.25, 0.3) is 16.6 Å². The Morgan fingerprint density at radius 1 is 1.03 bits per heavy atom. The number of nitrogens with one attached hydrogen (secondary N) is 1. The summed E-state index contributed by atoms with van der Waals surface area (Å²) in [7, 11) is 0. The monoisotopic (exact) mass is 445 g/mol. The van der Waals surface area contributed by atoms with Gasteiger partial charge in [0, 0.05) is 5.69 Å². The predicted molar refractivity (Wildman–Crippen MR) is 128 cm³/mol. The van der Waals surface area contributed by atoms with E-state index < -0.39 is 6.04 Å². The number of benzene rings is 2. The average Bonchev–Trinajstić information content (AvgIpc) is 3.17. The van der Waals surface area contributed by atoms with E-state index in [2.05, 4.69) is 15.5 Å². The molecule has 0 aliphatic heterocycles. The quantitative estimate of drug-likeness (QED) is 0.461. The molecule has 0 saturated heterocycles. The van der Waals surface area contributed by atoms with Gasteiger partial charge in [0.2, 0.25) is 5.91 Å². The third-order valence-corrected chi connectivity index (χ3v) is 5.56. The lowest BCUT2D eigenvalue weighted by atomic mass is 10.2. The molecule has 1 N–H and O–H groups in total. The lowest BCUT2D eigenvalue weighted by Gasteiger charge is -2.17. The number of fused-ring (bicyclic) bond motifs is 1. The number of aromatic nitrogens is 4. The molecule has 0 saturated carbocycles. The van der Waals surface area contributed by atoms with Crippen molar-refractivity contribution in [3.63, 3.8) is 0 Å². The van der Waals surface area contributed by atoms with Crippen molar-refractivity contribution in [2.45, 2.75) is 40.2 Å². The van der Waals surface area contributed by atoms with Gasteiger partial charge >= 0.3 is 0 Å². The van der Waals surface area contributed by atoms with Crippen LogP contribution >= 0.6 is 0 Å². The van der Waals surface area contributed by atoms with Gasteiger partial charge in [-0.3, -0.25) is 9.59 Å². The second-order valence-electron chi connectivity index (χ2n) is 7.76. The largest absolute Gasteiger partial charge is 0.494 e. The van der Waals surface area contributed by atoms with Crippen molar-refractivity contribution in [3.05, 3.63) is 76.3 Å². The van der Waals surface area contributed by atoms with Gasteiger partial charge in [-0.2, -0.15) is 10.2 Å². The van der Waals surface area contributed by atoms with Gasteiger partial charge in [0.1, 0.15) is 17.3 Å². The molecule has 170 valence electrons. The maximum Gasteiger partial charge on any atom is 0.278 e. The highest BCUT2D eigenvalue weighted by molar-refractivity contribution is 5.94. The summed E-state index contributed by atoms with van der Waals surface area (Å²) in [5.41, 5.74) is 3.00. The zero-order valence-corrected chi connectivity index (χ0v) is 19.2. The minimum atomic E-state index is -0.758. The summed E-state index contributed by atoms with van der Waals surface area (Å²) in [6.45, 7) is 8.00. The smallest absolute Gasteiger partial charge is 0.278 e. The van der Waals surface area contributed by atoms with Gasteiger partial charge in [-0.1, -0.05) is 25.1 Å². The minimum Gasteiger partial charge on any atom is -0.494 e. The molecule has 0 aliphatic carbocycles. The summed E-state index contributed by atoms with van der Waals surface area (Å²) in [5.74, 6) is 0.426. The summed E-state index contributed by atoms with van der Waals surface area (Å²) in [4.78, 5) is 26.6. The highest BCUT2D eigenvalue weighted by atomic mass is 16.5. The lowest BCUT2D eigenvalue weighted by molar-refractivity contribution is -0.119. The molecule has 1 amide bonds. The molecule has 8 nitrogen and oxygen atoms in total. The molecule has 2 aromatic heterocycles. The fourth-order valence-corrected chi connectivity index (χ4v) is 3.91. The number of carbonyl (C=O) groups is 1. The number of anilines is 1. The van der Waals surface area contributed by atoms with Crippen molar-refractivity contribution < 1.29 is 9.53 Å². The van der Waals surface area contributed by atoms with Crippen LogP contribution in [0.3, 0.4) is 0 Å². The second-order valence-corrected chi connectivity index (χ2v) is 7.76. The predicted octanol–water partition coefficient (Wildman–Crippen LogP) is 4.19. The first-order chi connectivity index (χ1) is 15.9. The first kappa shape index (κ1) is 22.3. The molecule has 1 unspecified atom stereocenters. The minimum absolute atomic E-state index is 0.303. The van der Waals surface area contributed by atoms with Gasteiger partial charge < -0.3 is 10.1 Å². The highest BCUT2D eigenvalue weighted by Crippen LogP contribution is 2.22. The summed E-state index contributed by atoms with van der Waals surface area (Å²) in [6.07, 6.45) is 0.409. The van der Waals surface area contributed by atoms with E-state index >= 15 is 0 Å². The van der Waals surface area contributed by atoms with Gasteiger partial charge in [0.05, 0.1) is 29.1 Å². The summed E-state index contributed by atoms with van der Waals surface area (Å²) in [5, 5.41) is 12.5. The molecular weight excluding hydrogens is 418 g/mol. The van der Waals surface area contributed by atoms with Crippen LogP contribution < -0.4 is 15.6 Å². The van der Waals surface area contributed by atoms with Gasteiger partial charge in [0.25, 0.3) is 5.56 Å². The van der Waals surface area contributed by atoms with E-state index in [0.29, 0.717) is 41.0 Å². The van der Waals surface area contributed by atoms with E-state index in [0.717, 1.165) is 11.4 Å². The van der Waals surface area contributed by atoms with E-state index in [1.807, 2.05) is 51.1 Å². The number of amides is 1. The Labute approximate surface area is 191 Å². The Balaban J connectivity index is 1.71. The van der Waals surface area contributed by atoms with Crippen molar-refractivity contribution in [2.75, 3.05) is 11.9 Å². The third kappa shape index (κ3) is 4.24.